The van der Waals surface area contributed by atoms with Gasteiger partial charge in [-0.1, -0.05) is 0 Å². The molecule has 0 radical (unpaired) electrons. The third-order valence-corrected chi connectivity index (χ3v) is 7.20. The number of nitrogens with zero attached hydrogens (tertiary/aromatic N) is 1. The highest BCUT2D eigenvalue weighted by atomic mass is 32.2. The first-order valence-corrected chi connectivity index (χ1v) is 11.3. The normalized spacial score (nSPS) is 19.5. The number of likely N-dealkylation sites (N-methyl/N-ethyl adjacent to an activating group) is 1. The lowest BCUT2D eigenvalue weighted by molar-refractivity contribution is -0.141. The van der Waals surface area contributed by atoms with E-state index in [1.807, 2.05) is 19.9 Å². The third kappa shape index (κ3) is 3.92. The Hall–Kier alpha value is -2.35. The van der Waals surface area contributed by atoms with E-state index in [0.29, 0.717) is 18.5 Å². The number of aromatic amines is 1. The summed E-state index contributed by atoms with van der Waals surface area (Å²) in [5, 5.41) is 0.942. The van der Waals surface area contributed by atoms with Crippen molar-refractivity contribution in [3.63, 3.8) is 0 Å². The molecular weight excluding hydrogens is 380 g/mol. The highest BCUT2D eigenvalue weighted by Gasteiger charge is 2.36. The van der Waals surface area contributed by atoms with Crippen LogP contribution in [0.4, 0.5) is 0 Å². The van der Waals surface area contributed by atoms with Crippen LogP contribution in [0.3, 0.4) is 0 Å². The zero-order valence-corrected chi connectivity index (χ0v) is 17.4. The van der Waals surface area contributed by atoms with Gasteiger partial charge in [-0.25, -0.2) is 13.2 Å². The van der Waals surface area contributed by atoms with Gasteiger partial charge >= 0.3 is 5.97 Å². The minimum atomic E-state index is -3.10. The molecule has 2 heterocycles. The van der Waals surface area contributed by atoms with E-state index in [4.69, 9.17) is 4.74 Å². The van der Waals surface area contributed by atoms with Gasteiger partial charge in [0.25, 0.3) is 5.91 Å². The van der Waals surface area contributed by atoms with E-state index >= 15 is 0 Å². The Balaban J connectivity index is 1.72. The summed E-state index contributed by atoms with van der Waals surface area (Å²) in [5.74, 6) is -0.884. The molecule has 0 spiro atoms. The number of benzene rings is 1. The van der Waals surface area contributed by atoms with Gasteiger partial charge in [-0.2, -0.15) is 0 Å². The number of sulfone groups is 1. The molecule has 152 valence electrons. The number of ether oxygens (including phenoxy) is 1. The maximum absolute atomic E-state index is 12.8. The van der Waals surface area contributed by atoms with Crippen LogP contribution in [0.2, 0.25) is 0 Å². The van der Waals surface area contributed by atoms with E-state index in [9.17, 15) is 18.0 Å². The fourth-order valence-corrected chi connectivity index (χ4v) is 5.45. The van der Waals surface area contributed by atoms with E-state index in [1.54, 1.807) is 19.1 Å². The predicted molar refractivity (Wildman–Crippen MR) is 107 cm³/mol. The quantitative estimate of drug-likeness (QED) is 0.769. The smallest absolute Gasteiger partial charge is 0.338 e. The fourth-order valence-electron chi connectivity index (χ4n) is 3.72. The van der Waals surface area contributed by atoms with E-state index in [0.717, 1.165) is 22.2 Å². The number of aromatic nitrogens is 1. The molecule has 0 saturated carbocycles. The number of carbonyl (C=O) groups excluding carboxylic acids is 2. The van der Waals surface area contributed by atoms with Crippen molar-refractivity contribution in [1.29, 1.82) is 0 Å². The number of hydrogen-bond donors (Lipinski definition) is 1. The molecule has 1 aliphatic heterocycles. The molecule has 0 unspecified atom stereocenters. The lowest BCUT2D eigenvalue weighted by atomic mass is 10.1. The molecule has 0 bridgehead atoms. The summed E-state index contributed by atoms with van der Waals surface area (Å²) in [6, 6.07) is 4.89. The molecule has 1 aliphatic rings. The van der Waals surface area contributed by atoms with Crippen molar-refractivity contribution in [2.45, 2.75) is 46.3 Å². The number of nitrogens with one attached hydrogen (secondary N) is 1. The molecule has 8 heteroatoms. The van der Waals surface area contributed by atoms with Crippen molar-refractivity contribution in [3.05, 3.63) is 35.0 Å². The van der Waals surface area contributed by atoms with Crippen molar-refractivity contribution in [1.82, 2.24) is 9.88 Å². The maximum Gasteiger partial charge on any atom is 0.338 e. The summed E-state index contributed by atoms with van der Waals surface area (Å²) in [5.41, 5.74) is 3.42. The summed E-state index contributed by atoms with van der Waals surface area (Å²) in [6.07, 6.45) is -0.564. The van der Waals surface area contributed by atoms with Crippen LogP contribution in [-0.4, -0.2) is 60.4 Å². The largest absolute Gasteiger partial charge is 0.449 e. The van der Waals surface area contributed by atoms with Crippen molar-refractivity contribution in [2.75, 3.05) is 18.1 Å². The van der Waals surface area contributed by atoms with E-state index in [-0.39, 0.29) is 23.5 Å². The van der Waals surface area contributed by atoms with Gasteiger partial charge in [0.1, 0.15) is 0 Å². The number of fused-ring (bicyclic) bond motifs is 1. The Morgan fingerprint density at radius 3 is 2.64 bits per heavy atom. The Morgan fingerprint density at radius 1 is 1.32 bits per heavy atom. The number of carbonyl (C=O) groups is 2. The first-order valence-electron chi connectivity index (χ1n) is 9.43. The zero-order chi connectivity index (χ0) is 20.6. The Bertz CT molecular complexity index is 1020. The third-order valence-electron chi connectivity index (χ3n) is 5.45. The van der Waals surface area contributed by atoms with Crippen molar-refractivity contribution >= 4 is 32.6 Å². The molecule has 1 saturated heterocycles. The number of rotatable bonds is 5. The summed E-state index contributed by atoms with van der Waals surface area (Å²) in [4.78, 5) is 30.1. The Labute approximate surface area is 165 Å². The van der Waals surface area contributed by atoms with Gasteiger partial charge in [0.2, 0.25) is 0 Å². The van der Waals surface area contributed by atoms with Crippen molar-refractivity contribution in [2.24, 2.45) is 0 Å². The Morgan fingerprint density at radius 2 is 2.04 bits per heavy atom. The number of hydrogen-bond acceptors (Lipinski definition) is 5. The second-order valence-corrected chi connectivity index (χ2v) is 9.59. The molecule has 1 amide bonds. The molecule has 1 N–H and O–H groups in total. The highest BCUT2D eigenvalue weighted by Crippen LogP contribution is 2.23. The topological polar surface area (TPSA) is 96.5 Å². The van der Waals surface area contributed by atoms with Crippen LogP contribution in [0.15, 0.2) is 18.2 Å². The molecule has 0 aliphatic carbocycles. The first kappa shape index (κ1) is 20.4. The average molecular weight is 407 g/mol. The van der Waals surface area contributed by atoms with Crippen LogP contribution in [0.5, 0.6) is 0 Å². The minimum Gasteiger partial charge on any atom is -0.449 e. The average Bonchev–Trinajstić information content (AvgIpc) is 3.14. The number of esters is 1. The van der Waals surface area contributed by atoms with Crippen LogP contribution in [-0.2, 0) is 19.4 Å². The van der Waals surface area contributed by atoms with Gasteiger partial charge in [0.15, 0.2) is 15.9 Å². The lowest BCUT2D eigenvalue weighted by Gasteiger charge is -2.29. The second-order valence-electron chi connectivity index (χ2n) is 7.36. The summed E-state index contributed by atoms with van der Waals surface area (Å²) >= 11 is 0. The molecule has 7 nitrogen and oxygen atoms in total. The van der Waals surface area contributed by atoms with Gasteiger partial charge in [-0.15, -0.1) is 0 Å². The number of amides is 1. The standard InChI is InChI=1S/C20H26N2O5S/c1-5-22(16-8-9-28(25,26)11-16)19(23)14(4)27-20(24)15-6-7-18-17(10-15)12(2)13(3)21-18/h6-7,10,14,16,21H,5,8-9,11H2,1-4H3/t14-,16-/m1/s1. The molecule has 2 atom stereocenters. The van der Waals surface area contributed by atoms with Crippen LogP contribution in [0.25, 0.3) is 10.9 Å². The predicted octanol–water partition coefficient (Wildman–Crippen LogP) is 2.37. The van der Waals surface area contributed by atoms with Crippen LogP contribution < -0.4 is 0 Å². The van der Waals surface area contributed by atoms with Gasteiger partial charge in [0.05, 0.1) is 17.1 Å². The summed E-state index contributed by atoms with van der Waals surface area (Å²) in [6.45, 7) is 7.63. The van der Waals surface area contributed by atoms with Gasteiger partial charge < -0.3 is 14.6 Å². The van der Waals surface area contributed by atoms with Crippen molar-refractivity contribution < 1.29 is 22.7 Å². The zero-order valence-electron chi connectivity index (χ0n) is 16.6. The van der Waals surface area contributed by atoms with E-state index < -0.39 is 21.9 Å². The maximum atomic E-state index is 12.8. The minimum absolute atomic E-state index is 0.0317. The van der Waals surface area contributed by atoms with Crippen molar-refractivity contribution in [3.8, 4) is 0 Å². The molecule has 28 heavy (non-hydrogen) atoms. The molecule has 1 aromatic carbocycles. The monoisotopic (exact) mass is 406 g/mol. The summed E-state index contributed by atoms with van der Waals surface area (Å²) < 4.78 is 28.9. The second kappa shape index (κ2) is 7.58. The fraction of sp³-hybridized carbons (Fsp3) is 0.500. The molecular formula is C20H26N2O5S. The van der Waals surface area contributed by atoms with Crippen LogP contribution in [0, 0.1) is 13.8 Å². The Kier molecular flexibility index (Phi) is 5.52. The van der Waals surface area contributed by atoms with Crippen LogP contribution >= 0.6 is 0 Å². The van der Waals surface area contributed by atoms with Gasteiger partial charge in [-0.05, 0) is 57.9 Å². The lowest BCUT2D eigenvalue weighted by Crippen LogP contribution is -2.46. The van der Waals surface area contributed by atoms with E-state index in [1.165, 1.54) is 11.8 Å². The SMILES string of the molecule is CCN(C(=O)[C@@H](C)OC(=O)c1ccc2[nH]c(C)c(C)c2c1)[C@@H]1CCS(=O)(=O)C1. The number of aryl methyl sites for hydroxylation is 2. The highest BCUT2D eigenvalue weighted by molar-refractivity contribution is 7.91. The number of H-pyrrole nitrogens is 1. The van der Waals surface area contributed by atoms with Gasteiger partial charge in [0, 0.05) is 29.2 Å². The molecule has 1 fully saturated rings. The van der Waals surface area contributed by atoms with Gasteiger partial charge in [-0.3, -0.25) is 4.79 Å². The van der Waals surface area contributed by atoms with Crippen LogP contribution in [0.1, 0.15) is 41.9 Å². The van der Waals surface area contributed by atoms with E-state index in [2.05, 4.69) is 4.98 Å². The molecule has 3 rings (SSSR count). The molecule has 1 aromatic heterocycles. The summed E-state index contributed by atoms with van der Waals surface area (Å²) in [7, 11) is -3.10. The molecule has 2 aromatic rings. The first-order chi connectivity index (χ1) is 13.1.